The summed E-state index contributed by atoms with van der Waals surface area (Å²) in [5.41, 5.74) is 0. The van der Waals surface area contributed by atoms with Gasteiger partial charge in [-0.25, -0.2) is 0 Å². The number of hydrogen-bond donors (Lipinski definition) is 0. The van der Waals surface area contributed by atoms with Gasteiger partial charge in [0, 0.05) is 6.42 Å². The molecule has 0 saturated heterocycles. The number of Topliss-reactive ketones (excluding diaryl/α,β-unsaturated/α-hetero) is 1. The highest BCUT2D eigenvalue weighted by atomic mass is 16.1. The van der Waals surface area contributed by atoms with E-state index in [1.54, 1.807) is 6.92 Å². The van der Waals surface area contributed by atoms with Crippen molar-refractivity contribution in [3.8, 4) is 0 Å². The highest BCUT2D eigenvalue weighted by Crippen LogP contribution is 1.96. The topological polar surface area (TPSA) is 20.3 Å². The number of unbranched alkanes of at least 4 members (excludes halogenated alkanes) is 1. The molecule has 0 radical (unpaired) electrons. The number of carbonyl (C=O) groups is 1. The predicted molar refractivity (Wildman–Crippen MR) is 52.3 cm³/mol. The first-order valence-electron chi connectivity index (χ1n) is 4.84. The van der Waals surface area contributed by atoms with Crippen molar-refractivity contribution in [1.29, 1.82) is 0 Å². The summed E-state index contributed by atoms with van der Waals surface area (Å²) in [6.45, 7) is 6.07. The molecule has 2 heteroatoms. The average Bonchev–Trinajstić information content (AvgIpc) is 2.00. The highest BCUT2D eigenvalue weighted by molar-refractivity contribution is 5.75. The van der Waals surface area contributed by atoms with Crippen LogP contribution in [0.2, 0.25) is 0 Å². The Hall–Kier alpha value is -0.370. The van der Waals surface area contributed by atoms with Crippen LogP contribution in [-0.2, 0) is 4.79 Å². The predicted octanol–water partition coefficient (Wildman–Crippen LogP) is 2.09. The second-order valence-corrected chi connectivity index (χ2v) is 3.46. The summed E-state index contributed by atoms with van der Waals surface area (Å²) in [6, 6.07) is 0. The zero-order chi connectivity index (χ0) is 9.40. The molecule has 0 unspecified atom stereocenters. The molecular weight excluding hydrogens is 150 g/mol. The molecule has 2 nitrogen and oxygen atoms in total. The Morgan fingerprint density at radius 1 is 1.25 bits per heavy atom. The number of rotatable bonds is 7. The van der Waals surface area contributed by atoms with Crippen molar-refractivity contribution in [1.82, 2.24) is 4.90 Å². The number of hydrogen-bond acceptors (Lipinski definition) is 2. The van der Waals surface area contributed by atoms with Crippen LogP contribution >= 0.6 is 0 Å². The van der Waals surface area contributed by atoms with Crippen LogP contribution in [0.4, 0.5) is 0 Å². The van der Waals surface area contributed by atoms with E-state index in [-0.39, 0.29) is 0 Å². The van der Waals surface area contributed by atoms with Crippen LogP contribution in [0.5, 0.6) is 0 Å². The monoisotopic (exact) mass is 171 g/mol. The normalized spacial score (nSPS) is 10.7. The van der Waals surface area contributed by atoms with Gasteiger partial charge in [0.2, 0.25) is 0 Å². The maximum absolute atomic E-state index is 10.6. The van der Waals surface area contributed by atoms with E-state index in [4.69, 9.17) is 0 Å². The zero-order valence-electron chi connectivity index (χ0n) is 8.60. The maximum atomic E-state index is 10.6. The molecule has 0 fully saturated rings. The van der Waals surface area contributed by atoms with Crippen molar-refractivity contribution >= 4 is 5.78 Å². The van der Waals surface area contributed by atoms with Gasteiger partial charge in [-0.05, 0) is 39.9 Å². The van der Waals surface area contributed by atoms with Gasteiger partial charge in [-0.2, -0.15) is 0 Å². The Labute approximate surface area is 75.9 Å². The summed E-state index contributed by atoms with van der Waals surface area (Å²) in [5, 5.41) is 0. The third-order valence-electron chi connectivity index (χ3n) is 1.96. The molecule has 0 aliphatic rings. The first-order chi connectivity index (χ1) is 5.66. The summed E-state index contributed by atoms with van der Waals surface area (Å²) < 4.78 is 0. The minimum atomic E-state index is 0.305. The lowest BCUT2D eigenvalue weighted by molar-refractivity contribution is -0.117. The van der Waals surface area contributed by atoms with Crippen LogP contribution in [-0.4, -0.2) is 30.8 Å². The van der Waals surface area contributed by atoms with Gasteiger partial charge < -0.3 is 9.69 Å². The van der Waals surface area contributed by atoms with E-state index in [0.717, 1.165) is 25.9 Å². The molecule has 0 bridgehead atoms. The highest BCUT2D eigenvalue weighted by Gasteiger charge is 1.98. The smallest absolute Gasteiger partial charge is 0.129 e. The van der Waals surface area contributed by atoms with E-state index in [0.29, 0.717) is 5.78 Å². The lowest BCUT2D eigenvalue weighted by Crippen LogP contribution is -2.21. The summed E-state index contributed by atoms with van der Waals surface area (Å²) in [4.78, 5) is 12.9. The van der Waals surface area contributed by atoms with Crippen molar-refractivity contribution in [3.05, 3.63) is 0 Å². The van der Waals surface area contributed by atoms with Crippen LogP contribution in [0.3, 0.4) is 0 Å². The molecule has 0 aliphatic heterocycles. The molecule has 0 N–H and O–H groups in total. The Balaban J connectivity index is 3.19. The molecule has 0 rings (SSSR count). The molecule has 0 aromatic rings. The second-order valence-electron chi connectivity index (χ2n) is 3.46. The molecule has 0 aromatic heterocycles. The summed E-state index contributed by atoms with van der Waals surface area (Å²) in [5.74, 6) is 0.305. The minimum absolute atomic E-state index is 0.305. The first-order valence-corrected chi connectivity index (χ1v) is 4.84. The molecule has 0 amide bonds. The Bertz CT molecular complexity index is 123. The third kappa shape index (κ3) is 7.73. The lowest BCUT2D eigenvalue weighted by Gasteiger charge is -2.14. The van der Waals surface area contributed by atoms with Gasteiger partial charge in [0.05, 0.1) is 0 Å². The van der Waals surface area contributed by atoms with E-state index in [1.807, 2.05) is 0 Å². The quantitative estimate of drug-likeness (QED) is 0.584. The molecule has 12 heavy (non-hydrogen) atoms. The van der Waals surface area contributed by atoms with Crippen molar-refractivity contribution in [3.63, 3.8) is 0 Å². The van der Waals surface area contributed by atoms with E-state index < -0.39 is 0 Å². The van der Waals surface area contributed by atoms with Crippen molar-refractivity contribution in [2.24, 2.45) is 0 Å². The van der Waals surface area contributed by atoms with Crippen LogP contribution in [0.25, 0.3) is 0 Å². The van der Waals surface area contributed by atoms with Crippen molar-refractivity contribution in [2.45, 2.75) is 39.5 Å². The van der Waals surface area contributed by atoms with E-state index >= 15 is 0 Å². The first kappa shape index (κ1) is 11.6. The number of nitrogens with zero attached hydrogens (tertiary/aromatic N) is 1. The fourth-order valence-electron chi connectivity index (χ4n) is 1.14. The average molecular weight is 171 g/mol. The van der Waals surface area contributed by atoms with Gasteiger partial charge in [-0.15, -0.1) is 0 Å². The van der Waals surface area contributed by atoms with Crippen molar-refractivity contribution < 1.29 is 4.79 Å². The summed E-state index contributed by atoms with van der Waals surface area (Å²) in [6.07, 6.45) is 4.25. The molecule has 0 aromatic carbocycles. The van der Waals surface area contributed by atoms with E-state index in [2.05, 4.69) is 18.9 Å². The molecule has 0 heterocycles. The number of ketones is 1. The third-order valence-corrected chi connectivity index (χ3v) is 1.96. The zero-order valence-corrected chi connectivity index (χ0v) is 8.60. The van der Waals surface area contributed by atoms with Crippen LogP contribution in [0, 0.1) is 0 Å². The van der Waals surface area contributed by atoms with Gasteiger partial charge in [-0.3, -0.25) is 0 Å². The number of carbonyl (C=O) groups excluding carboxylic acids is 1. The standard InChI is InChI=1S/C10H21NO/c1-4-5-8-11(3)9-6-7-10(2)12/h4-9H2,1-3H3. The SMILES string of the molecule is CCCCN(C)CCCC(C)=O. The van der Waals surface area contributed by atoms with Gasteiger partial charge in [-0.1, -0.05) is 13.3 Å². The van der Waals surface area contributed by atoms with Gasteiger partial charge in [0.15, 0.2) is 0 Å². The van der Waals surface area contributed by atoms with Crippen molar-refractivity contribution in [2.75, 3.05) is 20.1 Å². The largest absolute Gasteiger partial charge is 0.306 e. The van der Waals surface area contributed by atoms with Gasteiger partial charge in [0.1, 0.15) is 5.78 Å². The summed E-state index contributed by atoms with van der Waals surface area (Å²) >= 11 is 0. The summed E-state index contributed by atoms with van der Waals surface area (Å²) in [7, 11) is 2.12. The molecule has 72 valence electrons. The van der Waals surface area contributed by atoms with Gasteiger partial charge >= 0.3 is 0 Å². The Morgan fingerprint density at radius 3 is 2.33 bits per heavy atom. The fraction of sp³-hybridized carbons (Fsp3) is 0.900. The molecule has 0 atom stereocenters. The van der Waals surface area contributed by atoms with E-state index in [9.17, 15) is 4.79 Å². The fourth-order valence-corrected chi connectivity index (χ4v) is 1.14. The van der Waals surface area contributed by atoms with Crippen LogP contribution < -0.4 is 0 Å². The van der Waals surface area contributed by atoms with E-state index in [1.165, 1.54) is 12.8 Å². The molecule has 0 aliphatic carbocycles. The maximum Gasteiger partial charge on any atom is 0.129 e. The Morgan fingerprint density at radius 2 is 1.83 bits per heavy atom. The van der Waals surface area contributed by atoms with Gasteiger partial charge in [0.25, 0.3) is 0 Å². The van der Waals surface area contributed by atoms with Crippen LogP contribution in [0.15, 0.2) is 0 Å². The molecule has 0 saturated carbocycles. The molecule has 0 spiro atoms. The lowest BCUT2D eigenvalue weighted by atomic mass is 10.2. The second kappa shape index (κ2) is 7.29. The minimum Gasteiger partial charge on any atom is -0.306 e. The molecular formula is C10H21NO. The van der Waals surface area contributed by atoms with Crippen LogP contribution in [0.1, 0.15) is 39.5 Å². The Kier molecular flexibility index (Phi) is 7.06.